The average Bonchev–Trinajstić information content (AvgIpc) is 3.03. The molecule has 0 spiro atoms. The Bertz CT molecular complexity index is 1310. The molecule has 1 amide bonds. The van der Waals surface area contributed by atoms with Crippen LogP contribution in [0.4, 0.5) is 0 Å². The number of hydrogen-bond donors (Lipinski definition) is 1. The Balaban J connectivity index is 1.56. The summed E-state index contributed by atoms with van der Waals surface area (Å²) in [4.78, 5) is 12.4. The van der Waals surface area contributed by atoms with Gasteiger partial charge in [-0.1, -0.05) is 66.2 Å². The van der Waals surface area contributed by atoms with Crippen molar-refractivity contribution in [1.29, 1.82) is 0 Å². The van der Waals surface area contributed by atoms with Gasteiger partial charge < -0.3 is 4.57 Å². The van der Waals surface area contributed by atoms with Crippen LogP contribution in [-0.2, 0) is 17.8 Å². The number of benzene rings is 3. The number of para-hydroxylation sites is 1. The Labute approximate surface area is 189 Å². The van der Waals surface area contributed by atoms with Gasteiger partial charge in [0, 0.05) is 28.7 Å². The van der Waals surface area contributed by atoms with Crippen LogP contribution in [0.2, 0.25) is 0 Å². The monoisotopic (exact) mass is 423 g/mol. The minimum Gasteiger partial charge on any atom is -0.340 e. The summed E-state index contributed by atoms with van der Waals surface area (Å²) in [6.07, 6.45) is 2.09. The van der Waals surface area contributed by atoms with E-state index >= 15 is 0 Å². The van der Waals surface area contributed by atoms with Gasteiger partial charge in [0.25, 0.3) is 0 Å². The second-order valence-corrected chi connectivity index (χ2v) is 8.43. The third-order valence-electron chi connectivity index (χ3n) is 6.10. The van der Waals surface area contributed by atoms with Crippen molar-refractivity contribution in [3.63, 3.8) is 0 Å². The molecule has 1 aromatic heterocycles. The maximum atomic E-state index is 12.4. The predicted molar refractivity (Wildman–Crippen MR) is 132 cm³/mol. The molecular formula is C28H29N3O. The van der Waals surface area contributed by atoms with Gasteiger partial charge in [-0.15, -0.1) is 0 Å². The number of nitrogens with zero attached hydrogens (tertiary/aromatic N) is 2. The molecule has 0 bridgehead atoms. The molecular weight excluding hydrogens is 394 g/mol. The van der Waals surface area contributed by atoms with Crippen LogP contribution in [0.1, 0.15) is 39.1 Å². The first-order valence-corrected chi connectivity index (χ1v) is 10.9. The van der Waals surface area contributed by atoms with Crippen LogP contribution >= 0.6 is 0 Å². The zero-order valence-electron chi connectivity index (χ0n) is 19.1. The predicted octanol–water partition coefficient (Wildman–Crippen LogP) is 5.62. The van der Waals surface area contributed by atoms with E-state index in [-0.39, 0.29) is 5.91 Å². The van der Waals surface area contributed by atoms with Crippen molar-refractivity contribution in [2.75, 3.05) is 0 Å². The zero-order valence-corrected chi connectivity index (χ0v) is 19.1. The molecule has 0 aliphatic heterocycles. The number of carbonyl (C=O) groups excluding carboxylic acids is 1. The molecule has 3 aromatic carbocycles. The van der Waals surface area contributed by atoms with Crippen LogP contribution in [0.3, 0.4) is 0 Å². The van der Waals surface area contributed by atoms with Crippen molar-refractivity contribution in [3.05, 3.63) is 106 Å². The van der Waals surface area contributed by atoms with Gasteiger partial charge in [0.1, 0.15) is 0 Å². The number of aryl methyl sites for hydroxylation is 3. The number of rotatable bonds is 6. The highest BCUT2D eigenvalue weighted by atomic mass is 16.2. The van der Waals surface area contributed by atoms with Gasteiger partial charge in [0.15, 0.2) is 0 Å². The van der Waals surface area contributed by atoms with Crippen molar-refractivity contribution < 1.29 is 4.79 Å². The average molecular weight is 424 g/mol. The summed E-state index contributed by atoms with van der Waals surface area (Å²) in [7, 11) is 0. The van der Waals surface area contributed by atoms with E-state index in [0.29, 0.717) is 6.42 Å². The van der Waals surface area contributed by atoms with E-state index in [1.807, 2.05) is 25.1 Å². The normalized spacial score (nSPS) is 11.4. The molecule has 162 valence electrons. The molecule has 4 heteroatoms. The van der Waals surface area contributed by atoms with Gasteiger partial charge in [-0.05, 0) is 56.0 Å². The van der Waals surface area contributed by atoms with Gasteiger partial charge >= 0.3 is 0 Å². The van der Waals surface area contributed by atoms with Gasteiger partial charge in [0.2, 0.25) is 5.91 Å². The minimum absolute atomic E-state index is 0.116. The van der Waals surface area contributed by atoms with Crippen molar-refractivity contribution in [2.45, 2.75) is 40.7 Å². The summed E-state index contributed by atoms with van der Waals surface area (Å²) in [5, 5.41) is 5.43. The maximum Gasteiger partial charge on any atom is 0.244 e. The Morgan fingerprint density at radius 3 is 2.44 bits per heavy atom. The van der Waals surface area contributed by atoms with Crippen LogP contribution in [0.5, 0.6) is 0 Å². The molecule has 0 unspecified atom stereocenters. The Morgan fingerprint density at radius 1 is 0.906 bits per heavy atom. The molecule has 32 heavy (non-hydrogen) atoms. The highest BCUT2D eigenvalue weighted by Gasteiger charge is 2.13. The smallest absolute Gasteiger partial charge is 0.244 e. The topological polar surface area (TPSA) is 46.4 Å². The lowest BCUT2D eigenvalue weighted by Crippen LogP contribution is -2.20. The van der Waals surface area contributed by atoms with Gasteiger partial charge in [-0.3, -0.25) is 4.79 Å². The summed E-state index contributed by atoms with van der Waals surface area (Å²) < 4.78 is 2.32. The molecule has 4 nitrogen and oxygen atoms in total. The number of carbonyl (C=O) groups is 1. The lowest BCUT2D eigenvalue weighted by Gasteiger charge is -2.11. The summed E-state index contributed by atoms with van der Waals surface area (Å²) in [5.74, 6) is -0.116. The van der Waals surface area contributed by atoms with Gasteiger partial charge in [-0.25, -0.2) is 5.43 Å². The number of nitrogens with one attached hydrogen (secondary N) is 1. The second kappa shape index (κ2) is 9.23. The Kier molecular flexibility index (Phi) is 6.22. The molecule has 0 atom stereocenters. The molecule has 0 fully saturated rings. The summed E-state index contributed by atoms with van der Waals surface area (Å²) in [6, 6.07) is 22.9. The quantitative estimate of drug-likeness (QED) is 0.318. The molecule has 1 N–H and O–H groups in total. The molecule has 0 saturated heterocycles. The van der Waals surface area contributed by atoms with E-state index in [1.54, 1.807) is 6.21 Å². The summed E-state index contributed by atoms with van der Waals surface area (Å²) >= 11 is 0. The van der Waals surface area contributed by atoms with Gasteiger partial charge in [-0.2, -0.15) is 5.10 Å². The van der Waals surface area contributed by atoms with Crippen LogP contribution in [0.25, 0.3) is 10.9 Å². The van der Waals surface area contributed by atoms with Crippen molar-refractivity contribution in [3.8, 4) is 0 Å². The molecule has 4 aromatic rings. The third kappa shape index (κ3) is 4.50. The number of hydrazone groups is 1. The SMILES string of the molecule is Cc1ccc(CC(=O)N/N=C/c2c(C)n(Cc3ccccc3C)c3ccccc23)c(C)c1. The highest BCUT2D eigenvalue weighted by Crippen LogP contribution is 2.26. The van der Waals surface area contributed by atoms with Gasteiger partial charge in [0.05, 0.1) is 12.6 Å². The minimum atomic E-state index is -0.116. The lowest BCUT2D eigenvalue weighted by molar-refractivity contribution is -0.120. The fourth-order valence-corrected chi connectivity index (χ4v) is 4.21. The Hall–Kier alpha value is -3.66. The van der Waals surface area contributed by atoms with Crippen LogP contribution in [-0.4, -0.2) is 16.7 Å². The van der Waals surface area contributed by atoms with E-state index in [0.717, 1.165) is 39.8 Å². The van der Waals surface area contributed by atoms with E-state index in [2.05, 4.69) is 84.4 Å². The van der Waals surface area contributed by atoms with Crippen LogP contribution < -0.4 is 5.43 Å². The second-order valence-electron chi connectivity index (χ2n) is 8.43. The van der Waals surface area contributed by atoms with Crippen molar-refractivity contribution >= 4 is 23.0 Å². The highest BCUT2D eigenvalue weighted by molar-refractivity contribution is 6.01. The number of amides is 1. The van der Waals surface area contributed by atoms with E-state index in [4.69, 9.17) is 0 Å². The standard InChI is InChI=1S/C28H29N3O/c1-19-13-14-23(21(3)15-19)16-28(32)30-29-17-26-22(4)31(27-12-8-7-11-25(26)27)18-24-10-6-5-9-20(24)2/h5-15,17H,16,18H2,1-4H3,(H,30,32)/b29-17+. The van der Waals surface area contributed by atoms with Crippen LogP contribution in [0, 0.1) is 27.7 Å². The van der Waals surface area contributed by atoms with E-state index in [1.165, 1.54) is 16.7 Å². The summed E-state index contributed by atoms with van der Waals surface area (Å²) in [6.45, 7) is 9.14. The molecule has 4 rings (SSSR count). The molecule has 1 heterocycles. The largest absolute Gasteiger partial charge is 0.340 e. The van der Waals surface area contributed by atoms with Crippen molar-refractivity contribution in [2.24, 2.45) is 5.10 Å². The molecule has 0 aliphatic carbocycles. The third-order valence-corrected chi connectivity index (χ3v) is 6.10. The van der Waals surface area contributed by atoms with Crippen LogP contribution in [0.15, 0.2) is 71.8 Å². The fourth-order valence-electron chi connectivity index (χ4n) is 4.21. The number of hydrogen-bond acceptors (Lipinski definition) is 2. The Morgan fingerprint density at radius 2 is 1.66 bits per heavy atom. The zero-order chi connectivity index (χ0) is 22.7. The first-order chi connectivity index (χ1) is 15.4. The van der Waals surface area contributed by atoms with Crippen molar-refractivity contribution in [1.82, 2.24) is 9.99 Å². The fraction of sp³-hybridized carbons (Fsp3) is 0.214. The van der Waals surface area contributed by atoms with E-state index in [9.17, 15) is 4.79 Å². The number of aromatic nitrogens is 1. The first kappa shape index (κ1) is 21.6. The number of fused-ring (bicyclic) bond motifs is 1. The summed E-state index contributed by atoms with van der Waals surface area (Å²) in [5.41, 5.74) is 11.9. The van der Waals surface area contributed by atoms with E-state index < -0.39 is 0 Å². The molecule has 0 saturated carbocycles. The molecule has 0 aliphatic rings. The first-order valence-electron chi connectivity index (χ1n) is 10.9. The maximum absolute atomic E-state index is 12.4. The lowest BCUT2D eigenvalue weighted by atomic mass is 10.0. The molecule has 0 radical (unpaired) electrons.